The summed E-state index contributed by atoms with van der Waals surface area (Å²) in [7, 11) is 5.09. The number of likely N-dealkylation sites (N-methyl/N-ethyl adjacent to an activating group) is 1. The summed E-state index contributed by atoms with van der Waals surface area (Å²) in [5, 5.41) is 3.15. The predicted octanol–water partition coefficient (Wildman–Crippen LogP) is 5.09. The summed E-state index contributed by atoms with van der Waals surface area (Å²) in [5.41, 5.74) is 1.17. The molecule has 8 nitrogen and oxygen atoms in total. The second kappa shape index (κ2) is 17.6. The van der Waals surface area contributed by atoms with Crippen LogP contribution < -0.4 is 5.32 Å². The third-order valence-corrected chi connectivity index (χ3v) is 9.01. The van der Waals surface area contributed by atoms with Crippen LogP contribution in [0.1, 0.15) is 85.6 Å². The van der Waals surface area contributed by atoms with Crippen molar-refractivity contribution < 1.29 is 23.9 Å². The van der Waals surface area contributed by atoms with E-state index in [1.165, 1.54) is 5.56 Å². The molecule has 1 aromatic rings. The van der Waals surface area contributed by atoms with E-state index in [1.54, 1.807) is 19.1 Å². The van der Waals surface area contributed by atoms with Gasteiger partial charge in [0.25, 0.3) is 0 Å². The summed E-state index contributed by atoms with van der Waals surface area (Å²) in [6.45, 7) is 13.0. The van der Waals surface area contributed by atoms with Crippen LogP contribution in [0.15, 0.2) is 30.3 Å². The van der Waals surface area contributed by atoms with Gasteiger partial charge in [-0.3, -0.25) is 14.4 Å². The zero-order chi connectivity index (χ0) is 31.4. The molecule has 8 heteroatoms. The van der Waals surface area contributed by atoms with Crippen molar-refractivity contribution >= 4 is 17.7 Å². The van der Waals surface area contributed by atoms with E-state index in [0.717, 1.165) is 32.1 Å². The van der Waals surface area contributed by atoms with Crippen molar-refractivity contribution in [2.75, 3.05) is 27.8 Å². The Kier molecular flexibility index (Phi) is 15.0. The number of carbonyl (C=O) groups excluding carboxylic acids is 3. The predicted molar refractivity (Wildman–Crippen MR) is 168 cm³/mol. The van der Waals surface area contributed by atoms with Crippen molar-refractivity contribution in [2.24, 2.45) is 17.8 Å². The van der Waals surface area contributed by atoms with Crippen molar-refractivity contribution in [1.29, 1.82) is 0 Å². The zero-order valence-electron chi connectivity index (χ0n) is 27.6. The molecule has 0 bridgehead atoms. The third kappa shape index (κ3) is 10.1. The number of amides is 3. The normalized spacial score (nSPS) is 19.6. The Labute approximate surface area is 254 Å². The highest BCUT2D eigenvalue weighted by atomic mass is 16.5. The van der Waals surface area contributed by atoms with E-state index >= 15 is 0 Å². The largest absolute Gasteiger partial charge is 0.379 e. The van der Waals surface area contributed by atoms with E-state index < -0.39 is 18.1 Å². The van der Waals surface area contributed by atoms with Crippen LogP contribution in [0, 0.1) is 17.8 Å². The minimum atomic E-state index is -0.428. The topological polar surface area (TPSA) is 88.2 Å². The fourth-order valence-electron chi connectivity index (χ4n) is 6.31. The van der Waals surface area contributed by atoms with Gasteiger partial charge in [-0.1, -0.05) is 71.4 Å². The SMILES string of the molecule is CC[C@@H](C)C(C(CC(=O)N1CCCC1C(OC)C(C)C(=O)NC(C)Cc1ccccc1)OC)N(C)C(=O)CCC(C)C. The number of nitrogens with one attached hydrogen (secondary N) is 1. The maximum Gasteiger partial charge on any atom is 0.225 e. The van der Waals surface area contributed by atoms with Gasteiger partial charge in [-0.15, -0.1) is 0 Å². The van der Waals surface area contributed by atoms with Gasteiger partial charge >= 0.3 is 0 Å². The molecule has 0 radical (unpaired) electrons. The van der Waals surface area contributed by atoms with Crippen LogP contribution >= 0.6 is 0 Å². The van der Waals surface area contributed by atoms with Gasteiger partial charge < -0.3 is 24.6 Å². The highest BCUT2D eigenvalue weighted by Crippen LogP contribution is 2.29. The lowest BCUT2D eigenvalue weighted by Gasteiger charge is -2.39. The molecule has 1 aliphatic rings. The van der Waals surface area contributed by atoms with E-state index in [2.05, 4.69) is 45.1 Å². The third-order valence-electron chi connectivity index (χ3n) is 9.01. The number of methoxy groups -OCH3 is 2. The lowest BCUT2D eigenvalue weighted by molar-refractivity contribution is -0.146. The lowest BCUT2D eigenvalue weighted by Crippen LogP contribution is -2.53. The number of rotatable bonds is 17. The minimum absolute atomic E-state index is 0.0206. The highest BCUT2D eigenvalue weighted by Gasteiger charge is 2.42. The monoisotopic (exact) mass is 587 g/mol. The number of hydrogen-bond acceptors (Lipinski definition) is 5. The molecule has 1 aliphatic heterocycles. The zero-order valence-corrected chi connectivity index (χ0v) is 27.6. The van der Waals surface area contributed by atoms with Gasteiger partial charge in [0.2, 0.25) is 17.7 Å². The maximum atomic E-state index is 13.8. The molecule has 238 valence electrons. The van der Waals surface area contributed by atoms with Gasteiger partial charge in [0.1, 0.15) is 0 Å². The molecule has 0 saturated carbocycles. The molecule has 0 aromatic heterocycles. The summed E-state index contributed by atoms with van der Waals surface area (Å²) in [5.74, 6) is 0.177. The number of nitrogens with zero attached hydrogens (tertiary/aromatic N) is 2. The second-order valence-corrected chi connectivity index (χ2v) is 12.7. The molecule has 0 aliphatic carbocycles. The molecule has 1 heterocycles. The van der Waals surface area contributed by atoms with E-state index in [9.17, 15) is 14.4 Å². The fourth-order valence-corrected chi connectivity index (χ4v) is 6.31. The van der Waals surface area contributed by atoms with Gasteiger partial charge in [-0.2, -0.15) is 0 Å². The first kappa shape index (κ1) is 35.7. The van der Waals surface area contributed by atoms with Crippen LogP contribution in [0.25, 0.3) is 0 Å². The fraction of sp³-hybridized carbons (Fsp3) is 0.735. The van der Waals surface area contributed by atoms with Crippen LogP contribution in [0.2, 0.25) is 0 Å². The first-order chi connectivity index (χ1) is 19.9. The summed E-state index contributed by atoms with van der Waals surface area (Å²) in [6, 6.07) is 9.67. The summed E-state index contributed by atoms with van der Waals surface area (Å²) in [4.78, 5) is 43.9. The molecule has 3 amide bonds. The van der Waals surface area contributed by atoms with Crippen LogP contribution in [-0.4, -0.2) is 85.7 Å². The molecular formula is C34H57N3O5. The van der Waals surface area contributed by atoms with Gasteiger partial charge in [-0.05, 0) is 50.0 Å². The molecule has 42 heavy (non-hydrogen) atoms. The molecule has 6 unspecified atom stereocenters. The molecule has 1 fully saturated rings. The quantitative estimate of drug-likeness (QED) is 0.274. The second-order valence-electron chi connectivity index (χ2n) is 12.7. The summed E-state index contributed by atoms with van der Waals surface area (Å²) in [6.07, 6.45) is 3.89. The van der Waals surface area contributed by atoms with Gasteiger partial charge in [0.15, 0.2) is 0 Å². The maximum absolute atomic E-state index is 13.8. The first-order valence-corrected chi connectivity index (χ1v) is 15.9. The van der Waals surface area contributed by atoms with E-state index in [1.807, 2.05) is 44.0 Å². The minimum Gasteiger partial charge on any atom is -0.379 e. The van der Waals surface area contributed by atoms with E-state index in [0.29, 0.717) is 18.9 Å². The average molecular weight is 588 g/mol. The number of ether oxygens (including phenoxy) is 2. The Morgan fingerprint density at radius 1 is 1.05 bits per heavy atom. The van der Waals surface area contributed by atoms with Crippen molar-refractivity contribution in [2.45, 2.75) is 117 Å². The van der Waals surface area contributed by atoms with Crippen molar-refractivity contribution in [3.8, 4) is 0 Å². The lowest BCUT2D eigenvalue weighted by atomic mass is 9.90. The molecule has 2 rings (SSSR count). The van der Waals surface area contributed by atoms with Crippen molar-refractivity contribution in [3.05, 3.63) is 35.9 Å². The van der Waals surface area contributed by atoms with Crippen LogP contribution in [0.4, 0.5) is 0 Å². The average Bonchev–Trinajstić information content (AvgIpc) is 3.45. The van der Waals surface area contributed by atoms with Crippen LogP contribution in [0.5, 0.6) is 0 Å². The first-order valence-electron chi connectivity index (χ1n) is 15.9. The number of hydrogen-bond donors (Lipinski definition) is 1. The van der Waals surface area contributed by atoms with Crippen molar-refractivity contribution in [3.63, 3.8) is 0 Å². The smallest absolute Gasteiger partial charge is 0.225 e. The Morgan fingerprint density at radius 2 is 1.71 bits per heavy atom. The Morgan fingerprint density at radius 3 is 2.29 bits per heavy atom. The Hall–Kier alpha value is -2.45. The standard InChI is InChI=1S/C34H57N3O5/c1-10-24(4)32(36(7)30(38)19-18-23(2)3)29(41-8)22-31(39)37-20-14-17-28(37)33(42-9)26(6)34(40)35-25(5)21-27-15-12-11-13-16-27/h11-13,15-16,23-26,28-29,32-33H,10,14,17-22H2,1-9H3,(H,35,40)/t24-,25?,26?,28?,29?,32?,33?/m1/s1. The number of carbonyl (C=O) groups is 3. The van der Waals surface area contributed by atoms with Crippen LogP contribution in [0.3, 0.4) is 0 Å². The number of likely N-dealkylation sites (tertiary alicyclic amines) is 1. The molecular weight excluding hydrogens is 530 g/mol. The van der Waals surface area contributed by atoms with Gasteiger partial charge in [0.05, 0.1) is 36.6 Å². The Bertz CT molecular complexity index is 971. The Balaban J connectivity index is 2.11. The van der Waals surface area contributed by atoms with E-state index in [4.69, 9.17) is 9.47 Å². The molecule has 7 atom stereocenters. The van der Waals surface area contributed by atoms with Crippen LogP contribution in [-0.2, 0) is 30.3 Å². The number of benzene rings is 1. The van der Waals surface area contributed by atoms with Gasteiger partial charge in [-0.25, -0.2) is 0 Å². The highest BCUT2D eigenvalue weighted by molar-refractivity contribution is 5.80. The molecule has 1 saturated heterocycles. The van der Waals surface area contributed by atoms with Gasteiger partial charge in [0, 0.05) is 40.3 Å². The molecule has 0 spiro atoms. The summed E-state index contributed by atoms with van der Waals surface area (Å²) >= 11 is 0. The molecule has 1 aromatic carbocycles. The molecule has 1 N–H and O–H groups in total. The summed E-state index contributed by atoms with van der Waals surface area (Å²) < 4.78 is 11.8. The van der Waals surface area contributed by atoms with Crippen molar-refractivity contribution in [1.82, 2.24) is 15.1 Å². The van der Waals surface area contributed by atoms with E-state index in [-0.39, 0.29) is 48.2 Å².